The summed E-state index contributed by atoms with van der Waals surface area (Å²) < 4.78 is 0. The fourth-order valence-electron chi connectivity index (χ4n) is 6.34. The van der Waals surface area contributed by atoms with E-state index in [-0.39, 0.29) is 29.9 Å². The molecule has 0 aromatic heterocycles. The van der Waals surface area contributed by atoms with E-state index >= 15 is 0 Å². The molecule has 0 saturated heterocycles. The van der Waals surface area contributed by atoms with Crippen LogP contribution in [0.5, 0.6) is 0 Å². The van der Waals surface area contributed by atoms with Crippen LogP contribution in [0.15, 0.2) is 0 Å². The van der Waals surface area contributed by atoms with Crippen molar-refractivity contribution in [3.8, 4) is 0 Å². The van der Waals surface area contributed by atoms with Crippen molar-refractivity contribution in [2.75, 3.05) is 0 Å². The van der Waals surface area contributed by atoms with E-state index in [1.807, 2.05) is 0 Å². The smallest absolute Gasteiger partial charge is 0.550 e. The molecule has 47 heavy (non-hydrogen) atoms. The molecule has 0 N–H and O–H groups in total. The third kappa shape index (κ3) is 55.1. The molecule has 0 aliphatic carbocycles. The third-order valence-electron chi connectivity index (χ3n) is 9.47. The first-order valence-electron chi connectivity index (χ1n) is 20.9. The van der Waals surface area contributed by atoms with E-state index in [1.54, 1.807) is 0 Å². The van der Waals surface area contributed by atoms with Crippen LogP contribution in [0.4, 0.5) is 0 Å². The van der Waals surface area contributed by atoms with Crippen LogP contribution in [0.1, 0.15) is 258 Å². The molecule has 0 fully saturated rings. The van der Waals surface area contributed by atoms with Gasteiger partial charge in [-0.2, -0.15) is 0 Å². The van der Waals surface area contributed by atoms with Gasteiger partial charge in [-0.15, -0.1) is 0 Å². The molecule has 282 valence electrons. The van der Waals surface area contributed by atoms with Crippen LogP contribution in [0.3, 0.4) is 0 Å². The molecule has 0 rings (SSSR count). The zero-order chi connectivity index (χ0) is 34.0. The van der Waals surface area contributed by atoms with E-state index in [9.17, 15) is 19.8 Å². The standard InChI is InChI=1S/2C21H42O2.Fe/c2*1-2-3-4-5-6-7-8-9-10-11-12-13-14-15-16-17-18-19-20-21(22)23;/h2*2-20H2,1H3,(H,22,23);/q;;+2/p-2. The van der Waals surface area contributed by atoms with Crippen LogP contribution < -0.4 is 10.2 Å². The maximum Gasteiger partial charge on any atom is 2.00 e. The maximum atomic E-state index is 10.3. The summed E-state index contributed by atoms with van der Waals surface area (Å²) in [5.74, 6) is -1.80. The number of carbonyl (C=O) groups is 2. The summed E-state index contributed by atoms with van der Waals surface area (Å²) in [5, 5.41) is 20.5. The fourth-order valence-corrected chi connectivity index (χ4v) is 6.34. The SMILES string of the molecule is CCCCCCCCCCCCCCCCCCCCC(=O)[O-].CCCCCCCCCCCCCCCCCCCCC(=O)[O-].[Fe+2]. The summed E-state index contributed by atoms with van der Waals surface area (Å²) in [6.07, 6.45) is 48.5. The van der Waals surface area contributed by atoms with Gasteiger partial charge in [-0.1, -0.05) is 232 Å². The van der Waals surface area contributed by atoms with Gasteiger partial charge in [0.2, 0.25) is 0 Å². The van der Waals surface area contributed by atoms with Crippen molar-refractivity contribution in [2.45, 2.75) is 258 Å². The number of rotatable bonds is 38. The summed E-state index contributed by atoms with van der Waals surface area (Å²) >= 11 is 0. The van der Waals surface area contributed by atoms with Crippen molar-refractivity contribution in [1.29, 1.82) is 0 Å². The Bertz CT molecular complexity index is 533. The number of unbranched alkanes of at least 4 members (excludes halogenated alkanes) is 34. The first-order chi connectivity index (χ1) is 22.5. The van der Waals surface area contributed by atoms with Gasteiger partial charge in [0, 0.05) is 11.9 Å². The van der Waals surface area contributed by atoms with E-state index in [4.69, 9.17) is 0 Å². The van der Waals surface area contributed by atoms with Crippen molar-refractivity contribution in [3.63, 3.8) is 0 Å². The molecule has 0 aliphatic rings. The van der Waals surface area contributed by atoms with E-state index < -0.39 is 11.9 Å². The molecule has 0 amide bonds. The number of carbonyl (C=O) groups excluding carboxylic acids is 2. The monoisotopic (exact) mass is 707 g/mol. The van der Waals surface area contributed by atoms with Crippen LogP contribution in [0, 0.1) is 0 Å². The molecule has 0 atom stereocenters. The number of carboxylic acids is 2. The van der Waals surface area contributed by atoms with Gasteiger partial charge in [-0.05, 0) is 25.7 Å². The molecule has 0 aliphatic heterocycles. The molecule has 5 heteroatoms. The van der Waals surface area contributed by atoms with E-state index in [1.165, 1.54) is 205 Å². The Morgan fingerprint density at radius 3 is 0.532 bits per heavy atom. The Balaban J connectivity index is -0.000000807. The van der Waals surface area contributed by atoms with Gasteiger partial charge in [0.1, 0.15) is 0 Å². The molecular formula is C42H82FeO4. The molecule has 0 bridgehead atoms. The summed E-state index contributed by atoms with van der Waals surface area (Å²) in [5.41, 5.74) is 0. The van der Waals surface area contributed by atoms with Crippen molar-refractivity contribution in [2.24, 2.45) is 0 Å². The van der Waals surface area contributed by atoms with Gasteiger partial charge < -0.3 is 19.8 Å². The van der Waals surface area contributed by atoms with Crippen LogP contribution in [0.2, 0.25) is 0 Å². The van der Waals surface area contributed by atoms with Gasteiger partial charge in [-0.25, -0.2) is 0 Å². The predicted octanol–water partition coefficient (Wildman–Crippen LogP) is 12.3. The molecule has 0 heterocycles. The first kappa shape index (κ1) is 50.8. The topological polar surface area (TPSA) is 80.3 Å². The minimum atomic E-state index is -0.901. The minimum Gasteiger partial charge on any atom is -0.550 e. The second kappa shape index (κ2) is 47.6. The van der Waals surface area contributed by atoms with Crippen LogP contribution in [-0.2, 0) is 26.7 Å². The Morgan fingerprint density at radius 1 is 0.277 bits per heavy atom. The summed E-state index contributed by atoms with van der Waals surface area (Å²) in [6, 6.07) is 0. The van der Waals surface area contributed by atoms with Crippen molar-refractivity contribution in [1.82, 2.24) is 0 Å². The van der Waals surface area contributed by atoms with Gasteiger partial charge in [0.25, 0.3) is 0 Å². The van der Waals surface area contributed by atoms with E-state index in [0.29, 0.717) is 0 Å². The molecular weight excluding hydrogens is 624 g/mol. The molecule has 0 aromatic rings. The quantitative estimate of drug-likeness (QED) is 0.0473. The van der Waals surface area contributed by atoms with Crippen molar-refractivity contribution < 1.29 is 36.9 Å². The Labute approximate surface area is 305 Å². The average molecular weight is 707 g/mol. The Hall–Kier alpha value is -0.541. The van der Waals surface area contributed by atoms with Crippen LogP contribution in [0.25, 0.3) is 0 Å². The second-order valence-corrected chi connectivity index (χ2v) is 14.3. The molecule has 0 spiro atoms. The number of aliphatic carboxylic acids is 2. The predicted molar refractivity (Wildman–Crippen MR) is 197 cm³/mol. The molecule has 0 unspecified atom stereocenters. The van der Waals surface area contributed by atoms with Gasteiger partial charge >= 0.3 is 17.1 Å². The maximum absolute atomic E-state index is 10.3. The van der Waals surface area contributed by atoms with E-state index in [0.717, 1.165) is 25.7 Å². The van der Waals surface area contributed by atoms with Crippen molar-refractivity contribution >= 4 is 11.9 Å². The normalized spacial score (nSPS) is 10.8. The molecule has 0 saturated carbocycles. The zero-order valence-corrected chi connectivity index (χ0v) is 33.0. The molecule has 0 radical (unpaired) electrons. The Morgan fingerprint density at radius 2 is 0.404 bits per heavy atom. The average Bonchev–Trinajstić information content (AvgIpc) is 3.03. The Kier molecular flexibility index (Phi) is 51.5. The van der Waals surface area contributed by atoms with Crippen LogP contribution >= 0.6 is 0 Å². The zero-order valence-electron chi connectivity index (χ0n) is 31.9. The first-order valence-corrected chi connectivity index (χ1v) is 20.9. The largest absolute Gasteiger partial charge is 2.00 e. The molecule has 4 nitrogen and oxygen atoms in total. The fraction of sp³-hybridized carbons (Fsp3) is 0.952. The summed E-state index contributed by atoms with van der Waals surface area (Å²) in [4.78, 5) is 20.5. The third-order valence-corrected chi connectivity index (χ3v) is 9.47. The van der Waals surface area contributed by atoms with Gasteiger partial charge in [0.05, 0.1) is 0 Å². The van der Waals surface area contributed by atoms with Crippen LogP contribution in [-0.4, -0.2) is 11.9 Å². The van der Waals surface area contributed by atoms with Crippen molar-refractivity contribution in [3.05, 3.63) is 0 Å². The summed E-state index contributed by atoms with van der Waals surface area (Å²) in [7, 11) is 0. The number of hydrogen-bond acceptors (Lipinski definition) is 4. The minimum absolute atomic E-state index is 0. The number of carboxylic acid groups (broad SMARTS) is 2. The second-order valence-electron chi connectivity index (χ2n) is 14.3. The summed E-state index contributed by atoms with van der Waals surface area (Å²) in [6.45, 7) is 4.56. The van der Waals surface area contributed by atoms with Gasteiger partial charge in [-0.3, -0.25) is 0 Å². The number of hydrogen-bond donors (Lipinski definition) is 0. The van der Waals surface area contributed by atoms with E-state index in [2.05, 4.69) is 13.8 Å². The molecule has 0 aromatic carbocycles. The van der Waals surface area contributed by atoms with Gasteiger partial charge in [0.15, 0.2) is 0 Å².